The standard InChI is InChI=1S/C9H7F13O3/c10-4(2-1-3-23,6(12,13)14)24-8(18,19)5(11,7(15,16)17)25-9(20,21)22/h23H,1-3H2. The van der Waals surface area contributed by atoms with Gasteiger partial charge < -0.3 is 5.11 Å². The lowest BCUT2D eigenvalue weighted by Crippen LogP contribution is -2.63. The van der Waals surface area contributed by atoms with Crippen LogP contribution in [0.15, 0.2) is 0 Å². The fourth-order valence-electron chi connectivity index (χ4n) is 1.27. The lowest BCUT2D eigenvalue weighted by molar-refractivity contribution is -0.544. The molecule has 16 heteroatoms. The van der Waals surface area contributed by atoms with Crippen LogP contribution in [0.5, 0.6) is 0 Å². The second-order valence-electron chi connectivity index (χ2n) is 4.31. The molecule has 2 atom stereocenters. The monoisotopic (exact) mass is 410 g/mol. The summed E-state index contributed by atoms with van der Waals surface area (Å²) in [5.74, 6) is -12.9. The zero-order valence-electron chi connectivity index (χ0n) is 11.3. The zero-order valence-corrected chi connectivity index (χ0v) is 11.3. The highest BCUT2D eigenvalue weighted by atomic mass is 19.4. The van der Waals surface area contributed by atoms with Gasteiger partial charge in [-0.25, -0.2) is 9.13 Å². The van der Waals surface area contributed by atoms with Crippen LogP contribution in [0.1, 0.15) is 12.8 Å². The third kappa shape index (κ3) is 5.47. The Morgan fingerprint density at radius 3 is 1.36 bits per heavy atom. The van der Waals surface area contributed by atoms with Crippen molar-refractivity contribution in [3.8, 4) is 0 Å². The molecule has 0 heterocycles. The van der Waals surface area contributed by atoms with Gasteiger partial charge in [0.2, 0.25) is 0 Å². The van der Waals surface area contributed by atoms with Gasteiger partial charge in [-0.1, -0.05) is 0 Å². The second kappa shape index (κ2) is 6.94. The minimum Gasteiger partial charge on any atom is -0.396 e. The summed E-state index contributed by atoms with van der Waals surface area (Å²) in [4.78, 5) is 0. The van der Waals surface area contributed by atoms with E-state index in [9.17, 15) is 57.1 Å². The zero-order chi connectivity index (χ0) is 20.5. The van der Waals surface area contributed by atoms with Crippen molar-refractivity contribution in [3.63, 3.8) is 0 Å². The number of rotatable bonds is 7. The lowest BCUT2D eigenvalue weighted by atomic mass is 10.1. The fourth-order valence-corrected chi connectivity index (χ4v) is 1.27. The molecule has 0 saturated carbocycles. The lowest BCUT2D eigenvalue weighted by Gasteiger charge is -2.38. The molecule has 0 aromatic carbocycles. The van der Waals surface area contributed by atoms with Gasteiger partial charge in [-0.3, -0.25) is 4.74 Å². The summed E-state index contributed by atoms with van der Waals surface area (Å²) in [5, 5.41) is 8.23. The Balaban J connectivity index is 6.01. The first-order chi connectivity index (χ1) is 10.7. The smallest absolute Gasteiger partial charge is 0.396 e. The van der Waals surface area contributed by atoms with Gasteiger partial charge in [0.25, 0.3) is 0 Å². The van der Waals surface area contributed by atoms with E-state index in [1.807, 2.05) is 0 Å². The van der Waals surface area contributed by atoms with Gasteiger partial charge in [0.05, 0.1) is 0 Å². The molecular formula is C9H7F13O3. The average molecular weight is 410 g/mol. The first-order valence-electron chi connectivity index (χ1n) is 5.69. The molecule has 0 spiro atoms. The van der Waals surface area contributed by atoms with E-state index in [0.717, 1.165) is 0 Å². The van der Waals surface area contributed by atoms with Crippen LogP contribution in [-0.4, -0.2) is 48.2 Å². The van der Waals surface area contributed by atoms with E-state index in [1.54, 1.807) is 4.74 Å². The van der Waals surface area contributed by atoms with Crippen LogP contribution >= 0.6 is 0 Å². The summed E-state index contributed by atoms with van der Waals surface area (Å²) >= 11 is 0. The van der Waals surface area contributed by atoms with E-state index in [1.165, 1.54) is 0 Å². The molecule has 2 unspecified atom stereocenters. The Morgan fingerprint density at radius 1 is 0.640 bits per heavy atom. The highest BCUT2D eigenvalue weighted by Gasteiger charge is 2.80. The SMILES string of the molecule is OCCCC(F)(OC(F)(F)C(F)(OC(F)(F)F)C(F)(F)F)C(F)(F)F. The molecule has 0 aliphatic carbocycles. The van der Waals surface area contributed by atoms with Gasteiger partial charge in [-0.05, 0) is 6.42 Å². The Morgan fingerprint density at radius 2 is 1.08 bits per heavy atom. The molecule has 3 nitrogen and oxygen atoms in total. The Hall–Kier alpha value is -1.03. The van der Waals surface area contributed by atoms with Crippen LogP contribution in [0.3, 0.4) is 0 Å². The number of hydrogen-bond acceptors (Lipinski definition) is 3. The number of aliphatic hydroxyl groups is 1. The maximum absolute atomic E-state index is 13.5. The minimum atomic E-state index is -7.28. The normalized spacial score (nSPS) is 19.4. The third-order valence-corrected chi connectivity index (χ3v) is 2.37. The summed E-state index contributed by atoms with van der Waals surface area (Å²) in [5.41, 5.74) is 0. The van der Waals surface area contributed by atoms with Crippen LogP contribution in [0.4, 0.5) is 57.1 Å². The summed E-state index contributed by atoms with van der Waals surface area (Å²) < 4.78 is 166. The molecule has 0 aliphatic rings. The van der Waals surface area contributed by atoms with Crippen molar-refractivity contribution in [1.82, 2.24) is 0 Å². The third-order valence-electron chi connectivity index (χ3n) is 2.37. The molecule has 0 aliphatic heterocycles. The van der Waals surface area contributed by atoms with Gasteiger partial charge >= 0.3 is 36.5 Å². The molecule has 0 radical (unpaired) electrons. The van der Waals surface area contributed by atoms with Gasteiger partial charge in [0.15, 0.2) is 0 Å². The maximum Gasteiger partial charge on any atom is 0.525 e. The number of aliphatic hydroxyl groups excluding tert-OH is 1. The van der Waals surface area contributed by atoms with Crippen LogP contribution in [0.2, 0.25) is 0 Å². The molecular weight excluding hydrogens is 403 g/mol. The van der Waals surface area contributed by atoms with Crippen molar-refractivity contribution in [2.75, 3.05) is 6.61 Å². The number of halogens is 13. The number of hydrogen-bond donors (Lipinski definition) is 1. The van der Waals surface area contributed by atoms with E-state index >= 15 is 0 Å². The van der Waals surface area contributed by atoms with Crippen LogP contribution in [0, 0.1) is 0 Å². The van der Waals surface area contributed by atoms with Crippen molar-refractivity contribution in [2.45, 2.75) is 49.4 Å². The Bertz CT molecular complexity index is 441. The van der Waals surface area contributed by atoms with E-state index in [4.69, 9.17) is 5.11 Å². The largest absolute Gasteiger partial charge is 0.525 e. The first kappa shape index (κ1) is 24.0. The molecule has 0 amide bonds. The molecule has 0 saturated heterocycles. The van der Waals surface area contributed by atoms with E-state index < -0.39 is 56.0 Å². The summed E-state index contributed by atoms with van der Waals surface area (Å²) in [6.07, 6.45) is -31.3. The van der Waals surface area contributed by atoms with Crippen molar-refractivity contribution < 1.29 is 71.7 Å². The van der Waals surface area contributed by atoms with Crippen molar-refractivity contribution in [3.05, 3.63) is 0 Å². The Kier molecular flexibility index (Phi) is 6.65. The molecule has 1 N–H and O–H groups in total. The van der Waals surface area contributed by atoms with Gasteiger partial charge in [-0.2, -0.15) is 39.5 Å². The molecule has 152 valence electrons. The highest BCUT2D eigenvalue weighted by Crippen LogP contribution is 2.53. The second-order valence-corrected chi connectivity index (χ2v) is 4.31. The van der Waals surface area contributed by atoms with Crippen LogP contribution in [-0.2, 0) is 9.47 Å². The topological polar surface area (TPSA) is 38.7 Å². The average Bonchev–Trinajstić information content (AvgIpc) is 2.30. The Labute approximate surface area is 129 Å². The molecule has 0 bridgehead atoms. The van der Waals surface area contributed by atoms with Crippen LogP contribution in [0.25, 0.3) is 0 Å². The van der Waals surface area contributed by atoms with E-state index in [0.29, 0.717) is 0 Å². The predicted molar refractivity (Wildman–Crippen MR) is 49.3 cm³/mol. The summed E-state index contributed by atoms with van der Waals surface area (Å²) in [6.45, 7) is -1.30. The van der Waals surface area contributed by atoms with Crippen molar-refractivity contribution in [1.29, 1.82) is 0 Å². The van der Waals surface area contributed by atoms with Gasteiger partial charge in [0, 0.05) is 13.0 Å². The molecule has 0 aromatic rings. The first-order valence-corrected chi connectivity index (χ1v) is 5.69. The van der Waals surface area contributed by atoms with E-state index in [-0.39, 0.29) is 0 Å². The van der Waals surface area contributed by atoms with Crippen LogP contribution < -0.4 is 0 Å². The minimum absolute atomic E-state index is 1.30. The van der Waals surface area contributed by atoms with Crippen molar-refractivity contribution >= 4 is 0 Å². The van der Waals surface area contributed by atoms with Gasteiger partial charge in [0.1, 0.15) is 0 Å². The summed E-state index contributed by atoms with van der Waals surface area (Å²) in [6, 6.07) is 0. The molecule has 0 fully saturated rings. The molecule has 0 aromatic heterocycles. The van der Waals surface area contributed by atoms with Crippen molar-refractivity contribution in [2.24, 2.45) is 0 Å². The number of alkyl halides is 13. The maximum atomic E-state index is 13.5. The van der Waals surface area contributed by atoms with Gasteiger partial charge in [-0.15, -0.1) is 13.2 Å². The number of ether oxygens (including phenoxy) is 2. The molecule has 25 heavy (non-hydrogen) atoms. The summed E-state index contributed by atoms with van der Waals surface area (Å²) in [7, 11) is 0. The molecule has 0 rings (SSSR count). The van der Waals surface area contributed by atoms with E-state index in [2.05, 4.69) is 4.74 Å². The fraction of sp³-hybridized carbons (Fsp3) is 1.00. The highest BCUT2D eigenvalue weighted by molar-refractivity contribution is 4.90. The predicted octanol–water partition coefficient (Wildman–Crippen LogP) is 4.36. The quantitative estimate of drug-likeness (QED) is 0.635.